The summed E-state index contributed by atoms with van der Waals surface area (Å²) in [6.07, 6.45) is 14.0. The van der Waals surface area contributed by atoms with Crippen molar-refractivity contribution in [2.45, 2.75) is 129 Å². The predicted octanol–water partition coefficient (Wildman–Crippen LogP) is 7.41. The first kappa shape index (κ1) is 29.9. The molecule has 1 aromatic carbocycles. The monoisotopic (exact) mass is 483 g/mol. The van der Waals surface area contributed by atoms with Gasteiger partial charge in [-0.25, -0.2) is 0 Å². The Morgan fingerprint density at radius 3 is 1.91 bits per heavy atom. The maximum absolute atomic E-state index is 12.4. The van der Waals surface area contributed by atoms with Crippen molar-refractivity contribution in [1.82, 2.24) is 0 Å². The Hall–Kier alpha value is -1.11. The molecule has 1 aromatic rings. The van der Waals surface area contributed by atoms with Crippen LogP contribution < -0.4 is 5.73 Å². The molecule has 192 valence electrons. The summed E-state index contributed by atoms with van der Waals surface area (Å²) in [4.78, 5) is 0. The van der Waals surface area contributed by atoms with Crippen molar-refractivity contribution in [2.24, 2.45) is 11.7 Å². The van der Waals surface area contributed by atoms with Gasteiger partial charge in [-0.2, -0.15) is 8.42 Å². The number of rotatable bonds is 16. The molecule has 0 amide bonds. The molecule has 0 aliphatic carbocycles. The molecule has 0 saturated carbocycles. The fraction of sp³-hybridized carbons (Fsp3) is 0.778. The van der Waals surface area contributed by atoms with Crippen LogP contribution in [0.4, 0.5) is 0 Å². The van der Waals surface area contributed by atoms with Gasteiger partial charge in [0.05, 0.1) is 0 Å². The summed E-state index contributed by atoms with van der Waals surface area (Å²) in [5.41, 5.74) is 7.25. The second-order valence-electron chi connectivity index (χ2n) is 10.8. The molecule has 5 nitrogen and oxygen atoms in total. The van der Waals surface area contributed by atoms with Gasteiger partial charge in [0.1, 0.15) is 11.0 Å². The van der Waals surface area contributed by atoms with E-state index in [2.05, 4.69) is 13.8 Å². The van der Waals surface area contributed by atoms with Crippen LogP contribution in [0.2, 0.25) is 0 Å². The van der Waals surface area contributed by atoms with E-state index in [1.165, 1.54) is 51.4 Å². The van der Waals surface area contributed by atoms with Crippen molar-refractivity contribution in [1.29, 1.82) is 0 Å². The number of benzene rings is 1. The van der Waals surface area contributed by atoms with Crippen LogP contribution >= 0.6 is 0 Å². The van der Waals surface area contributed by atoms with E-state index in [0.29, 0.717) is 23.1 Å². The molecular formula is C27H49NO4S. The number of phenols is 1. The maximum atomic E-state index is 12.4. The quantitative estimate of drug-likeness (QED) is 0.168. The van der Waals surface area contributed by atoms with Gasteiger partial charge >= 0.3 is 0 Å². The summed E-state index contributed by atoms with van der Waals surface area (Å²) in [6, 6.07) is 3.28. The van der Waals surface area contributed by atoms with Crippen molar-refractivity contribution >= 4 is 10.1 Å². The van der Waals surface area contributed by atoms with Crippen LogP contribution in [0.3, 0.4) is 0 Å². The number of nitrogens with two attached hydrogens (primary N) is 1. The van der Waals surface area contributed by atoms with Crippen molar-refractivity contribution in [3.05, 3.63) is 28.8 Å². The van der Waals surface area contributed by atoms with Crippen LogP contribution in [-0.2, 0) is 22.1 Å². The second-order valence-corrected chi connectivity index (χ2v) is 12.4. The lowest BCUT2D eigenvalue weighted by molar-refractivity contribution is 0.414. The topological polar surface area (TPSA) is 101 Å². The molecule has 6 heteroatoms. The average molecular weight is 484 g/mol. The van der Waals surface area contributed by atoms with Crippen molar-refractivity contribution in [3.8, 4) is 5.75 Å². The Balaban J connectivity index is 2.71. The molecule has 0 saturated heterocycles. The molecule has 0 spiro atoms. The molecule has 0 heterocycles. The first-order valence-electron chi connectivity index (χ1n) is 12.9. The van der Waals surface area contributed by atoms with E-state index in [4.69, 9.17) is 5.73 Å². The van der Waals surface area contributed by atoms with Crippen LogP contribution in [0.1, 0.15) is 134 Å². The first-order valence-corrected chi connectivity index (χ1v) is 14.4. The third kappa shape index (κ3) is 10.8. The third-order valence-electron chi connectivity index (χ3n) is 6.66. The van der Waals surface area contributed by atoms with Gasteiger partial charge in [-0.1, -0.05) is 105 Å². The Morgan fingerprint density at radius 1 is 0.939 bits per heavy atom. The molecule has 1 rings (SSSR count). The van der Waals surface area contributed by atoms with E-state index >= 15 is 0 Å². The van der Waals surface area contributed by atoms with Gasteiger partial charge in [-0.05, 0) is 46.6 Å². The minimum Gasteiger partial charge on any atom is -0.508 e. The highest BCUT2D eigenvalue weighted by Gasteiger charge is 2.31. The molecule has 0 aromatic heterocycles. The third-order valence-corrected chi connectivity index (χ3v) is 7.82. The number of unbranched alkanes of at least 4 members (excludes halogenated alkanes) is 9. The number of hydrogen-bond acceptors (Lipinski definition) is 4. The molecule has 0 aliphatic rings. The number of hydrogen-bond donors (Lipinski definition) is 3. The van der Waals surface area contributed by atoms with Crippen molar-refractivity contribution < 1.29 is 18.1 Å². The average Bonchev–Trinajstić information content (AvgIpc) is 2.71. The Bertz CT molecular complexity index is 799. The minimum absolute atomic E-state index is 0.103. The molecule has 0 radical (unpaired) electrons. The van der Waals surface area contributed by atoms with Gasteiger partial charge in [0.15, 0.2) is 0 Å². The predicted molar refractivity (Wildman–Crippen MR) is 139 cm³/mol. The van der Waals surface area contributed by atoms with E-state index in [1.54, 1.807) is 12.1 Å². The lowest BCUT2D eigenvalue weighted by Gasteiger charge is -2.26. The van der Waals surface area contributed by atoms with Crippen molar-refractivity contribution in [2.75, 3.05) is 0 Å². The molecule has 2 unspecified atom stereocenters. The van der Waals surface area contributed by atoms with Gasteiger partial charge in [-0.15, -0.1) is 0 Å². The highest BCUT2D eigenvalue weighted by molar-refractivity contribution is 7.86. The molecular weight excluding hydrogens is 434 g/mol. The number of aromatic hydroxyl groups is 1. The summed E-state index contributed by atoms with van der Waals surface area (Å²) < 4.78 is 34.8. The summed E-state index contributed by atoms with van der Waals surface area (Å²) in [7, 11) is -4.31. The summed E-state index contributed by atoms with van der Waals surface area (Å²) >= 11 is 0. The molecule has 0 bridgehead atoms. The highest BCUT2D eigenvalue weighted by Crippen LogP contribution is 2.39. The zero-order valence-electron chi connectivity index (χ0n) is 21.7. The zero-order chi connectivity index (χ0) is 25.1. The van der Waals surface area contributed by atoms with Crippen LogP contribution in [-0.4, -0.2) is 18.1 Å². The lowest BCUT2D eigenvalue weighted by atomic mass is 9.83. The Morgan fingerprint density at radius 2 is 1.45 bits per heavy atom. The van der Waals surface area contributed by atoms with Crippen LogP contribution in [0.5, 0.6) is 5.75 Å². The maximum Gasteiger partial charge on any atom is 0.272 e. The van der Waals surface area contributed by atoms with E-state index in [1.807, 2.05) is 20.8 Å². The summed E-state index contributed by atoms with van der Waals surface area (Å²) in [6.45, 7) is 10.3. The molecule has 33 heavy (non-hydrogen) atoms. The van der Waals surface area contributed by atoms with Gasteiger partial charge in [-0.3, -0.25) is 4.55 Å². The van der Waals surface area contributed by atoms with Crippen LogP contribution in [0.15, 0.2) is 12.1 Å². The fourth-order valence-electron chi connectivity index (χ4n) is 4.60. The van der Waals surface area contributed by atoms with E-state index < -0.39 is 15.4 Å². The summed E-state index contributed by atoms with van der Waals surface area (Å²) in [5.74, 6) is 0.266. The number of phenolic OH excluding ortho intramolecular Hbond substituents is 1. The van der Waals surface area contributed by atoms with Crippen molar-refractivity contribution in [3.63, 3.8) is 0 Å². The first-order chi connectivity index (χ1) is 15.4. The molecule has 4 N–H and O–H groups in total. The van der Waals surface area contributed by atoms with E-state index in [-0.39, 0.29) is 23.6 Å². The SMILES string of the molecule is CCCCCCCCCCCCC(C)CC(c1cc(C(C)(C)C)c(O)cc1CN)S(=O)(=O)O. The minimum atomic E-state index is -4.31. The second kappa shape index (κ2) is 14.3. The fourth-order valence-corrected chi connectivity index (χ4v) is 5.71. The molecule has 0 fully saturated rings. The van der Waals surface area contributed by atoms with Gasteiger partial charge in [0.2, 0.25) is 0 Å². The van der Waals surface area contributed by atoms with E-state index in [0.717, 1.165) is 19.3 Å². The van der Waals surface area contributed by atoms with Crippen LogP contribution in [0.25, 0.3) is 0 Å². The molecule has 0 aliphatic heterocycles. The lowest BCUT2D eigenvalue weighted by Crippen LogP contribution is -2.20. The standard InChI is InChI=1S/C27H49NO4S/c1-6-7-8-9-10-11-12-13-14-15-16-21(2)17-26(33(30,31)32)23-19-24(27(3,4)5)25(29)18-22(23)20-28/h18-19,21,26,29H,6-17,20,28H2,1-5H3,(H,30,31,32). The van der Waals surface area contributed by atoms with Crippen LogP contribution in [0, 0.1) is 5.92 Å². The summed E-state index contributed by atoms with van der Waals surface area (Å²) in [5, 5.41) is 9.41. The Kier molecular flexibility index (Phi) is 13.0. The van der Waals surface area contributed by atoms with E-state index in [9.17, 15) is 18.1 Å². The Labute approximate surface area is 203 Å². The largest absolute Gasteiger partial charge is 0.508 e. The van der Waals surface area contributed by atoms with Gasteiger partial charge in [0, 0.05) is 6.54 Å². The molecule has 2 atom stereocenters. The van der Waals surface area contributed by atoms with Gasteiger partial charge < -0.3 is 10.8 Å². The highest BCUT2D eigenvalue weighted by atomic mass is 32.2. The smallest absolute Gasteiger partial charge is 0.272 e. The normalized spacial score (nSPS) is 14.4. The van der Waals surface area contributed by atoms with Gasteiger partial charge in [0.25, 0.3) is 10.1 Å². The zero-order valence-corrected chi connectivity index (χ0v) is 22.5.